The van der Waals surface area contributed by atoms with Gasteiger partial charge in [-0.05, 0) is 35.7 Å². The Bertz CT molecular complexity index is 562. The molecule has 0 amide bonds. The molecular weight excluding hydrogens is 332 g/mol. The minimum Gasteiger partial charge on any atom is -0.452 e. The molecule has 7 heteroatoms. The van der Waals surface area contributed by atoms with Crippen LogP contribution < -0.4 is 10.0 Å². The summed E-state index contributed by atoms with van der Waals surface area (Å²) in [5, 5.41) is 3.18. The number of hydrogen-bond donors (Lipinski definition) is 2. The van der Waals surface area contributed by atoms with Crippen molar-refractivity contribution in [2.45, 2.75) is 56.6 Å². The molecule has 0 bridgehead atoms. The summed E-state index contributed by atoms with van der Waals surface area (Å²) in [5.74, 6) is 0.599. The number of nitrogens with one attached hydrogen (secondary N) is 2. The van der Waals surface area contributed by atoms with E-state index >= 15 is 0 Å². The number of hydrogen-bond acceptors (Lipinski definition) is 4. The normalized spacial score (nSPS) is 17.9. The maximum Gasteiger partial charge on any atom is 0.245 e. The van der Waals surface area contributed by atoms with E-state index in [1.807, 2.05) is 20.8 Å². The third-order valence-corrected chi connectivity index (χ3v) is 5.56. The third kappa shape index (κ3) is 3.81. The highest BCUT2D eigenvalue weighted by Gasteiger charge is 2.42. The Labute approximate surface area is 122 Å². The van der Waals surface area contributed by atoms with Crippen molar-refractivity contribution in [3.63, 3.8) is 0 Å². The van der Waals surface area contributed by atoms with Crippen molar-refractivity contribution in [3.8, 4) is 0 Å². The lowest BCUT2D eigenvalue weighted by atomic mass is 10.3. The Morgan fingerprint density at radius 3 is 2.63 bits per heavy atom. The second-order valence-electron chi connectivity index (χ2n) is 5.55. The Hall–Kier alpha value is -0.370. The van der Waals surface area contributed by atoms with E-state index in [2.05, 4.69) is 26.0 Å². The highest BCUT2D eigenvalue weighted by Crippen LogP contribution is 2.37. The lowest BCUT2D eigenvalue weighted by Crippen LogP contribution is -2.34. The van der Waals surface area contributed by atoms with Gasteiger partial charge >= 0.3 is 0 Å². The summed E-state index contributed by atoms with van der Waals surface area (Å²) in [6.07, 6.45) is 1.76. The topological polar surface area (TPSA) is 71.3 Å². The molecule has 108 valence electrons. The fourth-order valence-corrected chi connectivity index (χ4v) is 4.11. The SMILES string of the molecule is CC(C)NCc1cc(S(=O)(=O)NC2(C)CC2)c(Br)o1. The van der Waals surface area contributed by atoms with Gasteiger partial charge in [0.05, 0.1) is 6.54 Å². The molecule has 5 nitrogen and oxygen atoms in total. The van der Waals surface area contributed by atoms with Crippen LogP contribution in [0.2, 0.25) is 0 Å². The van der Waals surface area contributed by atoms with Crippen LogP contribution in [0.1, 0.15) is 39.4 Å². The largest absolute Gasteiger partial charge is 0.452 e. The molecule has 2 rings (SSSR count). The van der Waals surface area contributed by atoms with Gasteiger partial charge < -0.3 is 9.73 Å². The van der Waals surface area contributed by atoms with E-state index in [1.54, 1.807) is 6.07 Å². The van der Waals surface area contributed by atoms with Gasteiger partial charge in [0.1, 0.15) is 10.7 Å². The molecule has 0 unspecified atom stereocenters. The molecule has 1 aliphatic carbocycles. The van der Waals surface area contributed by atoms with E-state index in [4.69, 9.17) is 4.42 Å². The maximum absolute atomic E-state index is 12.2. The van der Waals surface area contributed by atoms with Crippen LogP contribution in [-0.4, -0.2) is 20.0 Å². The molecule has 0 atom stereocenters. The van der Waals surface area contributed by atoms with Crippen molar-refractivity contribution in [1.82, 2.24) is 10.0 Å². The third-order valence-electron chi connectivity index (χ3n) is 3.06. The van der Waals surface area contributed by atoms with Crippen LogP contribution in [0.3, 0.4) is 0 Å². The molecule has 2 N–H and O–H groups in total. The molecule has 1 aromatic heterocycles. The fourth-order valence-electron chi connectivity index (χ4n) is 1.64. The molecule has 19 heavy (non-hydrogen) atoms. The van der Waals surface area contributed by atoms with E-state index in [9.17, 15) is 8.42 Å². The summed E-state index contributed by atoms with van der Waals surface area (Å²) in [5.41, 5.74) is -0.286. The van der Waals surface area contributed by atoms with Crippen molar-refractivity contribution in [1.29, 1.82) is 0 Å². The van der Waals surface area contributed by atoms with E-state index in [-0.39, 0.29) is 15.1 Å². The van der Waals surface area contributed by atoms with Crippen LogP contribution in [0.4, 0.5) is 0 Å². The quantitative estimate of drug-likeness (QED) is 0.826. The molecule has 1 saturated carbocycles. The minimum absolute atomic E-state index is 0.168. The first-order valence-electron chi connectivity index (χ1n) is 6.27. The van der Waals surface area contributed by atoms with E-state index in [0.29, 0.717) is 18.3 Å². The second-order valence-corrected chi connectivity index (χ2v) is 7.92. The highest BCUT2D eigenvalue weighted by atomic mass is 79.9. The Balaban J connectivity index is 2.15. The molecule has 0 radical (unpaired) electrons. The minimum atomic E-state index is -3.52. The lowest BCUT2D eigenvalue weighted by molar-refractivity contribution is 0.446. The van der Waals surface area contributed by atoms with Crippen LogP contribution in [0, 0.1) is 0 Å². The summed E-state index contributed by atoms with van der Waals surface area (Å²) in [4.78, 5) is 0.168. The smallest absolute Gasteiger partial charge is 0.245 e. The van der Waals surface area contributed by atoms with Crippen molar-refractivity contribution < 1.29 is 12.8 Å². The van der Waals surface area contributed by atoms with Crippen molar-refractivity contribution in [2.75, 3.05) is 0 Å². The predicted molar refractivity (Wildman–Crippen MR) is 76.3 cm³/mol. The number of halogens is 1. The van der Waals surface area contributed by atoms with Gasteiger partial charge in [0, 0.05) is 17.6 Å². The standard InChI is InChI=1S/C12H19BrN2O3S/c1-8(2)14-7-9-6-10(11(13)18-9)19(16,17)15-12(3)4-5-12/h6,8,14-15H,4-5,7H2,1-3H3. The first-order valence-corrected chi connectivity index (χ1v) is 8.55. The molecule has 1 aliphatic rings. The summed E-state index contributed by atoms with van der Waals surface area (Å²) < 4.78 is 32.9. The van der Waals surface area contributed by atoms with Crippen LogP contribution in [-0.2, 0) is 16.6 Å². The van der Waals surface area contributed by atoms with E-state index in [1.165, 1.54) is 0 Å². The zero-order chi connectivity index (χ0) is 14.3. The first kappa shape index (κ1) is 15.0. The van der Waals surface area contributed by atoms with Gasteiger partial charge in [0.2, 0.25) is 10.0 Å². The van der Waals surface area contributed by atoms with Gasteiger partial charge in [-0.25, -0.2) is 13.1 Å². The molecular formula is C12H19BrN2O3S. The lowest BCUT2D eigenvalue weighted by Gasteiger charge is -2.10. The molecule has 1 aromatic rings. The van der Waals surface area contributed by atoms with Crippen LogP contribution in [0.25, 0.3) is 0 Å². The van der Waals surface area contributed by atoms with Gasteiger partial charge in [0.15, 0.2) is 4.67 Å². The summed E-state index contributed by atoms with van der Waals surface area (Å²) in [7, 11) is -3.52. The van der Waals surface area contributed by atoms with Crippen LogP contribution >= 0.6 is 15.9 Å². The van der Waals surface area contributed by atoms with Gasteiger partial charge in [0.25, 0.3) is 0 Å². The monoisotopic (exact) mass is 350 g/mol. The van der Waals surface area contributed by atoms with Crippen molar-refractivity contribution >= 4 is 26.0 Å². The van der Waals surface area contributed by atoms with E-state index < -0.39 is 10.0 Å². The average Bonchev–Trinajstić information content (AvgIpc) is 2.85. The zero-order valence-electron chi connectivity index (χ0n) is 11.3. The molecule has 0 aliphatic heterocycles. The van der Waals surface area contributed by atoms with Gasteiger partial charge in [-0.3, -0.25) is 0 Å². The summed E-state index contributed by atoms with van der Waals surface area (Å²) in [6.45, 7) is 6.44. The second kappa shape index (κ2) is 5.20. The predicted octanol–water partition coefficient (Wildman–Crippen LogP) is 2.37. The molecule has 0 saturated heterocycles. The molecule has 0 aromatic carbocycles. The summed E-state index contributed by atoms with van der Waals surface area (Å²) in [6, 6.07) is 1.88. The van der Waals surface area contributed by atoms with Crippen molar-refractivity contribution in [2.24, 2.45) is 0 Å². The highest BCUT2D eigenvalue weighted by molar-refractivity contribution is 9.10. The van der Waals surface area contributed by atoms with Crippen molar-refractivity contribution in [3.05, 3.63) is 16.5 Å². The Kier molecular flexibility index (Phi) is 4.11. The Morgan fingerprint density at radius 1 is 1.47 bits per heavy atom. The number of sulfonamides is 1. The number of rotatable bonds is 6. The average molecular weight is 351 g/mol. The maximum atomic E-state index is 12.2. The van der Waals surface area contributed by atoms with Gasteiger partial charge in [-0.2, -0.15) is 0 Å². The van der Waals surface area contributed by atoms with Gasteiger partial charge in [-0.1, -0.05) is 13.8 Å². The zero-order valence-corrected chi connectivity index (χ0v) is 13.7. The molecule has 1 heterocycles. The Morgan fingerprint density at radius 2 is 2.11 bits per heavy atom. The summed E-state index contributed by atoms with van der Waals surface area (Å²) >= 11 is 3.17. The first-order chi connectivity index (χ1) is 8.72. The molecule has 0 spiro atoms. The molecule has 1 fully saturated rings. The van der Waals surface area contributed by atoms with Gasteiger partial charge in [-0.15, -0.1) is 0 Å². The van der Waals surface area contributed by atoms with Crippen LogP contribution in [0.5, 0.6) is 0 Å². The fraction of sp³-hybridized carbons (Fsp3) is 0.667. The number of furan rings is 1. The van der Waals surface area contributed by atoms with E-state index in [0.717, 1.165) is 12.8 Å². The van der Waals surface area contributed by atoms with Crippen LogP contribution in [0.15, 0.2) is 20.0 Å².